The lowest BCUT2D eigenvalue weighted by Crippen LogP contribution is -2.16. The van der Waals surface area contributed by atoms with Gasteiger partial charge in [0.25, 0.3) is 0 Å². The largest absolute Gasteiger partial charge is 0.496 e. The Bertz CT molecular complexity index is 902. The van der Waals surface area contributed by atoms with Crippen LogP contribution >= 0.6 is 0 Å². The van der Waals surface area contributed by atoms with Crippen molar-refractivity contribution in [2.24, 2.45) is 0 Å². The number of nitrogens with zero attached hydrogens (tertiary/aromatic N) is 4. The van der Waals surface area contributed by atoms with E-state index in [0.29, 0.717) is 23.4 Å². The molecule has 8 nitrogen and oxygen atoms in total. The molecule has 0 radical (unpaired) electrons. The number of nitrogens with two attached hydrogens (primary N) is 1. The second kappa shape index (κ2) is 8.11. The lowest BCUT2D eigenvalue weighted by atomic mass is 10.1. The summed E-state index contributed by atoms with van der Waals surface area (Å²) in [5.41, 5.74) is 8.19. The Morgan fingerprint density at radius 1 is 1.19 bits per heavy atom. The monoisotopic (exact) mass is 370 g/mol. The predicted octanol–water partition coefficient (Wildman–Crippen LogP) is 3.07. The van der Waals surface area contributed by atoms with Crippen molar-refractivity contribution in [3.8, 4) is 11.5 Å². The summed E-state index contributed by atoms with van der Waals surface area (Å²) in [4.78, 5) is 8.66. The fourth-order valence-electron chi connectivity index (χ4n) is 3.14. The number of ether oxygens (including phenoxy) is 2. The number of aromatic nitrogens is 4. The van der Waals surface area contributed by atoms with Crippen LogP contribution in [0.25, 0.3) is 11.0 Å². The molecule has 0 saturated heterocycles. The Labute approximate surface area is 158 Å². The molecule has 3 aromatic rings. The van der Waals surface area contributed by atoms with Crippen LogP contribution in [0, 0.1) is 0 Å². The Morgan fingerprint density at radius 2 is 1.89 bits per heavy atom. The highest BCUT2D eigenvalue weighted by atomic mass is 16.5. The number of rotatable bonds is 8. The van der Waals surface area contributed by atoms with E-state index < -0.39 is 0 Å². The summed E-state index contributed by atoms with van der Waals surface area (Å²) in [6, 6.07) is 5.97. The van der Waals surface area contributed by atoms with E-state index in [1.54, 1.807) is 18.9 Å². The Kier molecular flexibility index (Phi) is 5.63. The highest BCUT2D eigenvalue weighted by Gasteiger charge is 2.16. The van der Waals surface area contributed by atoms with Crippen LogP contribution in [0.5, 0.6) is 11.5 Å². The van der Waals surface area contributed by atoms with Gasteiger partial charge in [-0.15, -0.1) is 0 Å². The zero-order valence-corrected chi connectivity index (χ0v) is 16.2. The maximum absolute atomic E-state index is 5.89. The first-order valence-corrected chi connectivity index (χ1v) is 9.02. The van der Waals surface area contributed by atoms with Crippen molar-refractivity contribution in [1.82, 2.24) is 19.7 Å². The number of nitrogens with one attached hydrogen (secondary N) is 1. The van der Waals surface area contributed by atoms with Gasteiger partial charge in [0.2, 0.25) is 5.95 Å². The second-order valence-corrected chi connectivity index (χ2v) is 6.47. The van der Waals surface area contributed by atoms with Crippen LogP contribution in [0.1, 0.15) is 32.3 Å². The van der Waals surface area contributed by atoms with Gasteiger partial charge in [0.1, 0.15) is 17.0 Å². The predicted molar refractivity (Wildman–Crippen MR) is 106 cm³/mol. The first kappa shape index (κ1) is 18.8. The average molecular weight is 370 g/mol. The van der Waals surface area contributed by atoms with Gasteiger partial charge in [-0.3, -0.25) is 4.68 Å². The SMILES string of the molecule is CCCC(C)Nc1nc(N)nc2cn(Cc3c(OC)cccc3OC)nc12. The van der Waals surface area contributed by atoms with Crippen molar-refractivity contribution in [1.29, 1.82) is 0 Å². The third kappa shape index (κ3) is 4.05. The lowest BCUT2D eigenvalue weighted by molar-refractivity contribution is 0.382. The molecule has 27 heavy (non-hydrogen) atoms. The number of hydrogen-bond donors (Lipinski definition) is 2. The van der Waals surface area contributed by atoms with Crippen LogP contribution in [-0.2, 0) is 6.54 Å². The van der Waals surface area contributed by atoms with E-state index in [2.05, 4.69) is 34.2 Å². The minimum absolute atomic E-state index is 0.225. The van der Waals surface area contributed by atoms with Crippen molar-refractivity contribution in [2.45, 2.75) is 39.3 Å². The van der Waals surface area contributed by atoms with Gasteiger partial charge < -0.3 is 20.5 Å². The Balaban J connectivity index is 1.98. The zero-order valence-electron chi connectivity index (χ0n) is 16.2. The number of fused-ring (bicyclic) bond motifs is 1. The molecule has 0 amide bonds. The molecule has 3 N–H and O–H groups in total. The molecule has 1 atom stereocenters. The summed E-state index contributed by atoms with van der Waals surface area (Å²) in [5.74, 6) is 2.37. The normalized spacial score (nSPS) is 12.1. The van der Waals surface area contributed by atoms with Crippen LogP contribution < -0.4 is 20.5 Å². The summed E-state index contributed by atoms with van der Waals surface area (Å²) >= 11 is 0. The van der Waals surface area contributed by atoms with Crippen LogP contribution in [0.15, 0.2) is 24.4 Å². The van der Waals surface area contributed by atoms with Gasteiger partial charge in [-0.25, -0.2) is 4.98 Å². The van der Waals surface area contributed by atoms with Gasteiger partial charge in [0.05, 0.1) is 32.5 Å². The summed E-state index contributed by atoms with van der Waals surface area (Å²) in [5, 5.41) is 8.07. The molecular formula is C19H26N6O2. The highest BCUT2D eigenvalue weighted by molar-refractivity contribution is 5.85. The molecule has 2 aromatic heterocycles. The number of benzene rings is 1. The Hall–Kier alpha value is -3.03. The fraction of sp³-hybridized carbons (Fsp3) is 0.421. The number of hydrogen-bond acceptors (Lipinski definition) is 7. The fourth-order valence-corrected chi connectivity index (χ4v) is 3.14. The van der Waals surface area contributed by atoms with Crippen molar-refractivity contribution in [3.05, 3.63) is 30.0 Å². The standard InChI is InChI=1S/C19H26N6O2/c1-5-7-12(2)21-18-17-14(22-19(20)23-18)11-25(24-17)10-13-15(26-3)8-6-9-16(13)27-4/h6,8-9,11-12H,5,7,10H2,1-4H3,(H3,20,21,22,23). The maximum atomic E-state index is 5.89. The van der Waals surface area contributed by atoms with E-state index in [1.165, 1.54) is 0 Å². The molecule has 1 unspecified atom stereocenters. The molecule has 2 heterocycles. The van der Waals surface area contributed by atoms with E-state index in [9.17, 15) is 0 Å². The molecule has 0 aliphatic rings. The number of anilines is 2. The van der Waals surface area contributed by atoms with E-state index in [0.717, 1.165) is 29.9 Å². The summed E-state index contributed by atoms with van der Waals surface area (Å²) in [6.07, 6.45) is 3.97. The zero-order chi connectivity index (χ0) is 19.4. The van der Waals surface area contributed by atoms with E-state index in [1.807, 2.05) is 24.4 Å². The highest BCUT2D eigenvalue weighted by Crippen LogP contribution is 2.30. The molecule has 8 heteroatoms. The quantitative estimate of drug-likeness (QED) is 0.628. The van der Waals surface area contributed by atoms with Gasteiger partial charge in [-0.2, -0.15) is 10.1 Å². The number of methoxy groups -OCH3 is 2. The third-order valence-corrected chi connectivity index (χ3v) is 4.38. The van der Waals surface area contributed by atoms with Crippen LogP contribution in [0.2, 0.25) is 0 Å². The van der Waals surface area contributed by atoms with Gasteiger partial charge in [-0.1, -0.05) is 19.4 Å². The van der Waals surface area contributed by atoms with Crippen molar-refractivity contribution < 1.29 is 9.47 Å². The third-order valence-electron chi connectivity index (χ3n) is 4.38. The molecule has 0 fully saturated rings. The maximum Gasteiger partial charge on any atom is 0.222 e. The molecule has 3 rings (SSSR count). The van der Waals surface area contributed by atoms with Gasteiger partial charge in [-0.05, 0) is 25.5 Å². The van der Waals surface area contributed by atoms with Crippen molar-refractivity contribution in [3.63, 3.8) is 0 Å². The lowest BCUT2D eigenvalue weighted by Gasteiger charge is -2.14. The van der Waals surface area contributed by atoms with E-state index in [4.69, 9.17) is 15.2 Å². The average Bonchev–Trinajstić information content (AvgIpc) is 3.04. The first-order valence-electron chi connectivity index (χ1n) is 9.02. The summed E-state index contributed by atoms with van der Waals surface area (Å²) in [7, 11) is 3.28. The molecule has 0 spiro atoms. The molecule has 1 aromatic carbocycles. The topological polar surface area (TPSA) is 100 Å². The van der Waals surface area contributed by atoms with E-state index >= 15 is 0 Å². The number of nitrogen functional groups attached to an aromatic ring is 1. The Morgan fingerprint density at radius 3 is 2.52 bits per heavy atom. The second-order valence-electron chi connectivity index (χ2n) is 6.47. The smallest absolute Gasteiger partial charge is 0.222 e. The van der Waals surface area contributed by atoms with Crippen molar-refractivity contribution in [2.75, 3.05) is 25.3 Å². The summed E-state index contributed by atoms with van der Waals surface area (Å²) < 4.78 is 12.8. The molecule has 144 valence electrons. The van der Waals surface area contributed by atoms with E-state index in [-0.39, 0.29) is 12.0 Å². The van der Waals surface area contributed by atoms with Crippen LogP contribution in [-0.4, -0.2) is 40.0 Å². The van der Waals surface area contributed by atoms with Gasteiger partial charge in [0.15, 0.2) is 11.3 Å². The van der Waals surface area contributed by atoms with Crippen LogP contribution in [0.3, 0.4) is 0 Å². The van der Waals surface area contributed by atoms with Gasteiger partial charge >= 0.3 is 0 Å². The van der Waals surface area contributed by atoms with Gasteiger partial charge in [0, 0.05) is 6.04 Å². The molecule has 0 bridgehead atoms. The molecule has 0 aliphatic carbocycles. The minimum Gasteiger partial charge on any atom is -0.496 e. The molecule has 0 saturated carbocycles. The van der Waals surface area contributed by atoms with Crippen molar-refractivity contribution >= 4 is 22.8 Å². The van der Waals surface area contributed by atoms with Crippen LogP contribution in [0.4, 0.5) is 11.8 Å². The molecule has 0 aliphatic heterocycles. The minimum atomic E-state index is 0.225. The first-order chi connectivity index (χ1) is 13.0. The molecular weight excluding hydrogens is 344 g/mol. The summed E-state index contributed by atoms with van der Waals surface area (Å²) in [6.45, 7) is 4.75.